The van der Waals surface area contributed by atoms with Gasteiger partial charge in [-0.15, -0.1) is 11.3 Å². The number of thiophene rings is 1. The van der Waals surface area contributed by atoms with E-state index in [0.717, 1.165) is 12.3 Å². The molecule has 84 valence electrons. The topological polar surface area (TPSA) is 26.0 Å². The van der Waals surface area contributed by atoms with E-state index in [9.17, 15) is 0 Å². The molecule has 2 rings (SSSR count). The SMILES string of the molecule is CCC1CCCC(N)(Cc2cccs2)C1. The Kier molecular flexibility index (Phi) is 3.47. The Morgan fingerprint density at radius 1 is 1.60 bits per heavy atom. The van der Waals surface area contributed by atoms with E-state index in [0.29, 0.717) is 0 Å². The molecule has 2 N–H and O–H groups in total. The smallest absolute Gasteiger partial charge is 0.0205 e. The zero-order valence-corrected chi connectivity index (χ0v) is 10.4. The van der Waals surface area contributed by atoms with E-state index in [1.807, 2.05) is 11.3 Å². The molecular formula is C13H21NS. The second kappa shape index (κ2) is 4.67. The highest BCUT2D eigenvalue weighted by molar-refractivity contribution is 7.09. The lowest BCUT2D eigenvalue weighted by atomic mass is 9.73. The molecule has 15 heavy (non-hydrogen) atoms. The Balaban J connectivity index is 1.99. The molecule has 1 fully saturated rings. The summed E-state index contributed by atoms with van der Waals surface area (Å²) in [6.45, 7) is 2.29. The van der Waals surface area contributed by atoms with Crippen LogP contribution in [0.2, 0.25) is 0 Å². The second-order valence-corrected chi connectivity index (χ2v) is 6.02. The van der Waals surface area contributed by atoms with Crippen molar-refractivity contribution in [3.05, 3.63) is 22.4 Å². The van der Waals surface area contributed by atoms with Crippen molar-refractivity contribution in [1.82, 2.24) is 0 Å². The monoisotopic (exact) mass is 223 g/mol. The van der Waals surface area contributed by atoms with Crippen LogP contribution in [0.5, 0.6) is 0 Å². The third kappa shape index (κ3) is 2.82. The summed E-state index contributed by atoms with van der Waals surface area (Å²) in [4.78, 5) is 1.45. The minimum Gasteiger partial charge on any atom is -0.325 e. The van der Waals surface area contributed by atoms with E-state index in [1.54, 1.807) is 0 Å². The number of rotatable bonds is 3. The summed E-state index contributed by atoms with van der Waals surface area (Å²) in [5.41, 5.74) is 6.61. The molecule has 2 unspecified atom stereocenters. The van der Waals surface area contributed by atoms with Crippen LogP contribution in [0.3, 0.4) is 0 Å². The minimum absolute atomic E-state index is 0.0871. The summed E-state index contributed by atoms with van der Waals surface area (Å²) in [6, 6.07) is 4.35. The largest absolute Gasteiger partial charge is 0.325 e. The lowest BCUT2D eigenvalue weighted by Crippen LogP contribution is -2.46. The summed E-state index contributed by atoms with van der Waals surface area (Å²) in [5.74, 6) is 0.865. The molecule has 1 heterocycles. The van der Waals surface area contributed by atoms with Gasteiger partial charge in [-0.1, -0.05) is 32.3 Å². The Hall–Kier alpha value is -0.340. The third-order valence-corrected chi connectivity index (χ3v) is 4.54. The van der Waals surface area contributed by atoms with Crippen LogP contribution in [-0.2, 0) is 6.42 Å². The first-order valence-electron chi connectivity index (χ1n) is 6.03. The van der Waals surface area contributed by atoms with Crippen LogP contribution in [0.4, 0.5) is 0 Å². The highest BCUT2D eigenvalue weighted by Crippen LogP contribution is 2.35. The van der Waals surface area contributed by atoms with Crippen molar-refractivity contribution >= 4 is 11.3 Å². The van der Waals surface area contributed by atoms with Gasteiger partial charge in [-0.2, -0.15) is 0 Å². The van der Waals surface area contributed by atoms with E-state index in [4.69, 9.17) is 5.73 Å². The maximum absolute atomic E-state index is 6.52. The molecule has 0 aliphatic heterocycles. The van der Waals surface area contributed by atoms with Gasteiger partial charge in [-0.05, 0) is 36.6 Å². The highest BCUT2D eigenvalue weighted by atomic mass is 32.1. The number of nitrogens with two attached hydrogens (primary N) is 1. The molecule has 0 saturated heterocycles. The lowest BCUT2D eigenvalue weighted by Gasteiger charge is -2.37. The average Bonchev–Trinajstić information content (AvgIpc) is 2.69. The maximum Gasteiger partial charge on any atom is 0.0205 e. The van der Waals surface area contributed by atoms with Gasteiger partial charge in [0.2, 0.25) is 0 Å². The zero-order valence-electron chi connectivity index (χ0n) is 9.54. The van der Waals surface area contributed by atoms with Gasteiger partial charge < -0.3 is 5.73 Å². The van der Waals surface area contributed by atoms with E-state index in [-0.39, 0.29) is 5.54 Å². The first-order chi connectivity index (χ1) is 7.22. The molecule has 2 atom stereocenters. The predicted octanol–water partition coefficient (Wildman–Crippen LogP) is 3.59. The molecule has 1 aromatic heterocycles. The van der Waals surface area contributed by atoms with Gasteiger partial charge in [0.1, 0.15) is 0 Å². The van der Waals surface area contributed by atoms with Crippen LogP contribution in [0, 0.1) is 5.92 Å². The van der Waals surface area contributed by atoms with Gasteiger partial charge in [0.05, 0.1) is 0 Å². The molecule has 1 aromatic rings. The molecule has 0 aromatic carbocycles. The van der Waals surface area contributed by atoms with Crippen molar-refractivity contribution < 1.29 is 0 Å². The molecule has 2 heteroatoms. The minimum atomic E-state index is 0.0871. The molecule has 1 saturated carbocycles. The zero-order chi connectivity index (χ0) is 10.7. The number of hydrogen-bond acceptors (Lipinski definition) is 2. The third-order valence-electron chi connectivity index (χ3n) is 3.67. The van der Waals surface area contributed by atoms with Gasteiger partial charge in [0.25, 0.3) is 0 Å². The van der Waals surface area contributed by atoms with Crippen LogP contribution < -0.4 is 5.73 Å². The van der Waals surface area contributed by atoms with Crippen LogP contribution >= 0.6 is 11.3 Å². The standard InChI is InChI=1S/C13H21NS/c1-2-11-5-3-7-13(14,9-11)10-12-6-4-8-15-12/h4,6,8,11H,2-3,5,7,9-10,14H2,1H3. The van der Waals surface area contributed by atoms with Gasteiger partial charge in [-0.25, -0.2) is 0 Å². The van der Waals surface area contributed by atoms with Crippen LogP contribution in [0.15, 0.2) is 17.5 Å². The lowest BCUT2D eigenvalue weighted by molar-refractivity contribution is 0.219. The Morgan fingerprint density at radius 3 is 3.13 bits per heavy atom. The van der Waals surface area contributed by atoms with Crippen LogP contribution in [-0.4, -0.2) is 5.54 Å². The summed E-state index contributed by atoms with van der Waals surface area (Å²) in [5, 5.41) is 2.15. The Bertz CT molecular complexity index is 293. The first kappa shape index (κ1) is 11.2. The average molecular weight is 223 g/mol. The summed E-state index contributed by atoms with van der Waals surface area (Å²) < 4.78 is 0. The highest BCUT2D eigenvalue weighted by Gasteiger charge is 2.32. The predicted molar refractivity (Wildman–Crippen MR) is 67.2 cm³/mol. The van der Waals surface area contributed by atoms with Gasteiger partial charge in [0, 0.05) is 10.4 Å². The normalized spacial score (nSPS) is 31.7. The van der Waals surface area contributed by atoms with E-state index >= 15 is 0 Å². The van der Waals surface area contributed by atoms with E-state index in [1.165, 1.54) is 37.0 Å². The van der Waals surface area contributed by atoms with Crippen LogP contribution in [0.25, 0.3) is 0 Å². The molecule has 0 amide bonds. The van der Waals surface area contributed by atoms with Gasteiger partial charge >= 0.3 is 0 Å². The van der Waals surface area contributed by atoms with Crippen molar-refractivity contribution in [2.24, 2.45) is 11.7 Å². The molecule has 1 nitrogen and oxygen atoms in total. The summed E-state index contributed by atoms with van der Waals surface area (Å²) >= 11 is 1.84. The summed E-state index contributed by atoms with van der Waals surface area (Å²) in [7, 11) is 0. The molecule has 0 radical (unpaired) electrons. The quantitative estimate of drug-likeness (QED) is 0.832. The van der Waals surface area contributed by atoms with E-state index in [2.05, 4.69) is 24.4 Å². The van der Waals surface area contributed by atoms with Crippen molar-refractivity contribution in [3.63, 3.8) is 0 Å². The second-order valence-electron chi connectivity index (χ2n) is 4.99. The fourth-order valence-corrected chi connectivity index (χ4v) is 3.65. The first-order valence-corrected chi connectivity index (χ1v) is 6.91. The maximum atomic E-state index is 6.52. The molecule has 0 spiro atoms. The molecule has 1 aliphatic carbocycles. The fraction of sp³-hybridized carbons (Fsp3) is 0.692. The summed E-state index contributed by atoms with van der Waals surface area (Å²) in [6.07, 6.45) is 7.52. The van der Waals surface area contributed by atoms with Gasteiger partial charge in [-0.3, -0.25) is 0 Å². The van der Waals surface area contributed by atoms with Crippen molar-refractivity contribution in [2.45, 2.75) is 51.0 Å². The van der Waals surface area contributed by atoms with Crippen molar-refractivity contribution in [2.75, 3.05) is 0 Å². The Morgan fingerprint density at radius 2 is 2.47 bits per heavy atom. The van der Waals surface area contributed by atoms with Crippen molar-refractivity contribution in [3.8, 4) is 0 Å². The van der Waals surface area contributed by atoms with Crippen molar-refractivity contribution in [1.29, 1.82) is 0 Å². The van der Waals surface area contributed by atoms with E-state index < -0.39 is 0 Å². The van der Waals surface area contributed by atoms with Crippen LogP contribution in [0.1, 0.15) is 43.9 Å². The number of hydrogen-bond donors (Lipinski definition) is 1. The molecular weight excluding hydrogens is 202 g/mol. The molecule has 1 aliphatic rings. The molecule has 0 bridgehead atoms. The fourth-order valence-electron chi connectivity index (χ4n) is 2.79. The van der Waals surface area contributed by atoms with Gasteiger partial charge in [0.15, 0.2) is 0 Å². The Labute approximate surface area is 96.7 Å².